The summed E-state index contributed by atoms with van der Waals surface area (Å²) in [6.07, 6.45) is 3.57. The maximum atomic E-state index is 13.5. The molecule has 2 heterocycles. The number of nitrogens with zero attached hydrogens (tertiary/aromatic N) is 1. The highest BCUT2D eigenvalue weighted by atomic mass is 35.5. The lowest BCUT2D eigenvalue weighted by molar-refractivity contribution is 0.387. The molecule has 0 aliphatic carbocycles. The highest BCUT2D eigenvalue weighted by Gasteiger charge is 2.21. The lowest BCUT2D eigenvalue weighted by Gasteiger charge is -2.31. The van der Waals surface area contributed by atoms with E-state index in [1.807, 2.05) is 0 Å². The summed E-state index contributed by atoms with van der Waals surface area (Å²) >= 11 is 5.65. The molecule has 0 radical (unpaired) electrons. The van der Waals surface area contributed by atoms with Crippen molar-refractivity contribution in [2.45, 2.75) is 31.8 Å². The van der Waals surface area contributed by atoms with E-state index in [0.717, 1.165) is 19.4 Å². The molecule has 2 rings (SSSR count). The van der Waals surface area contributed by atoms with Gasteiger partial charge in [-0.2, -0.15) is 0 Å². The monoisotopic (exact) mass is 243 g/mol. The van der Waals surface area contributed by atoms with Crippen molar-refractivity contribution in [3.05, 3.63) is 23.1 Å². The fourth-order valence-corrected chi connectivity index (χ4v) is 2.08. The van der Waals surface area contributed by atoms with Crippen molar-refractivity contribution in [2.75, 3.05) is 11.9 Å². The molecular weight excluding hydrogens is 229 g/mol. The Labute approximate surface area is 99.4 Å². The summed E-state index contributed by atoms with van der Waals surface area (Å²) in [5, 5.41) is 6.78. The third-order valence-corrected chi connectivity index (χ3v) is 3.10. The molecule has 0 saturated carbocycles. The van der Waals surface area contributed by atoms with Crippen LogP contribution in [0.25, 0.3) is 0 Å². The van der Waals surface area contributed by atoms with Crippen LogP contribution in [0.4, 0.5) is 10.2 Å². The van der Waals surface area contributed by atoms with Gasteiger partial charge in [-0.25, -0.2) is 9.37 Å². The first-order chi connectivity index (χ1) is 7.66. The number of anilines is 1. The summed E-state index contributed by atoms with van der Waals surface area (Å²) in [5.74, 6) is -0.116. The zero-order chi connectivity index (χ0) is 11.5. The third-order valence-electron chi connectivity index (χ3n) is 2.89. The summed E-state index contributed by atoms with van der Waals surface area (Å²) in [6.45, 7) is 3.11. The van der Waals surface area contributed by atoms with Crippen molar-refractivity contribution < 1.29 is 4.39 Å². The van der Waals surface area contributed by atoms with Crippen LogP contribution in [0.5, 0.6) is 0 Å². The van der Waals surface area contributed by atoms with E-state index in [-0.39, 0.29) is 11.9 Å². The van der Waals surface area contributed by atoms with Gasteiger partial charge in [-0.1, -0.05) is 11.6 Å². The minimum Gasteiger partial charge on any atom is -0.363 e. The summed E-state index contributed by atoms with van der Waals surface area (Å²) in [6, 6.07) is 1.82. The second-order valence-electron chi connectivity index (χ2n) is 4.12. The highest BCUT2D eigenvalue weighted by molar-refractivity contribution is 6.30. The van der Waals surface area contributed by atoms with E-state index in [1.54, 1.807) is 0 Å². The topological polar surface area (TPSA) is 37.0 Å². The molecule has 1 aliphatic rings. The van der Waals surface area contributed by atoms with E-state index in [4.69, 9.17) is 11.6 Å². The zero-order valence-corrected chi connectivity index (χ0v) is 9.89. The van der Waals surface area contributed by atoms with Crippen LogP contribution in [0.1, 0.15) is 19.8 Å². The zero-order valence-electron chi connectivity index (χ0n) is 9.13. The molecule has 0 amide bonds. The number of hydrogen-bond acceptors (Lipinski definition) is 3. The first-order valence-electron chi connectivity index (χ1n) is 5.48. The first kappa shape index (κ1) is 11.6. The summed E-state index contributed by atoms with van der Waals surface area (Å²) in [7, 11) is 0. The molecule has 1 aromatic heterocycles. The molecule has 2 atom stereocenters. The molecule has 16 heavy (non-hydrogen) atoms. The Kier molecular flexibility index (Phi) is 3.61. The van der Waals surface area contributed by atoms with Crippen LogP contribution >= 0.6 is 11.6 Å². The maximum absolute atomic E-state index is 13.5. The fraction of sp³-hybridized carbons (Fsp3) is 0.545. The molecule has 0 aromatic carbocycles. The van der Waals surface area contributed by atoms with E-state index in [9.17, 15) is 4.39 Å². The van der Waals surface area contributed by atoms with Gasteiger partial charge in [0, 0.05) is 18.3 Å². The van der Waals surface area contributed by atoms with Gasteiger partial charge in [-0.05, 0) is 32.4 Å². The van der Waals surface area contributed by atoms with Crippen LogP contribution in [0.15, 0.2) is 12.3 Å². The van der Waals surface area contributed by atoms with Crippen molar-refractivity contribution >= 4 is 17.4 Å². The Balaban J connectivity index is 2.07. The van der Waals surface area contributed by atoms with Crippen LogP contribution in [-0.2, 0) is 0 Å². The molecule has 1 saturated heterocycles. The molecule has 0 bridgehead atoms. The molecule has 3 nitrogen and oxygen atoms in total. The number of aromatic nitrogens is 1. The van der Waals surface area contributed by atoms with Crippen molar-refractivity contribution in [1.82, 2.24) is 10.3 Å². The van der Waals surface area contributed by atoms with Gasteiger partial charge in [0.15, 0.2) is 11.6 Å². The Morgan fingerprint density at radius 2 is 2.44 bits per heavy atom. The number of pyridine rings is 1. The average molecular weight is 244 g/mol. The van der Waals surface area contributed by atoms with E-state index >= 15 is 0 Å². The van der Waals surface area contributed by atoms with E-state index in [2.05, 4.69) is 22.5 Å². The van der Waals surface area contributed by atoms with Crippen LogP contribution in [-0.4, -0.2) is 23.6 Å². The number of nitrogens with one attached hydrogen (secondary N) is 2. The SMILES string of the molecule is CC1NCCCC1Nc1ncc(Cl)cc1F. The Morgan fingerprint density at radius 3 is 3.12 bits per heavy atom. The third kappa shape index (κ3) is 2.62. The summed E-state index contributed by atoms with van der Waals surface area (Å²) in [5.41, 5.74) is 0. The van der Waals surface area contributed by atoms with Gasteiger partial charge in [0.2, 0.25) is 0 Å². The van der Waals surface area contributed by atoms with Crippen molar-refractivity contribution in [3.63, 3.8) is 0 Å². The van der Waals surface area contributed by atoms with Crippen molar-refractivity contribution in [3.8, 4) is 0 Å². The average Bonchev–Trinajstić information content (AvgIpc) is 2.25. The van der Waals surface area contributed by atoms with Gasteiger partial charge in [0.25, 0.3) is 0 Å². The van der Waals surface area contributed by atoms with Crippen LogP contribution in [0.3, 0.4) is 0 Å². The smallest absolute Gasteiger partial charge is 0.166 e. The minimum absolute atomic E-state index is 0.219. The van der Waals surface area contributed by atoms with E-state index in [1.165, 1.54) is 12.3 Å². The largest absolute Gasteiger partial charge is 0.363 e. The van der Waals surface area contributed by atoms with Gasteiger partial charge in [0.1, 0.15) is 0 Å². The second-order valence-corrected chi connectivity index (χ2v) is 4.56. The standard InChI is InChI=1S/C11H15ClFN3/c1-7-10(3-2-4-14-7)16-11-9(13)5-8(12)6-15-11/h5-7,10,14H,2-4H2,1H3,(H,15,16). The molecule has 2 unspecified atom stereocenters. The van der Waals surface area contributed by atoms with Gasteiger partial charge in [-0.3, -0.25) is 0 Å². The summed E-state index contributed by atoms with van der Waals surface area (Å²) < 4.78 is 13.5. The van der Waals surface area contributed by atoms with Gasteiger partial charge in [0.05, 0.1) is 5.02 Å². The number of piperidine rings is 1. The Morgan fingerprint density at radius 1 is 1.62 bits per heavy atom. The Bertz CT molecular complexity index is 372. The summed E-state index contributed by atoms with van der Waals surface area (Å²) in [4.78, 5) is 3.96. The van der Waals surface area contributed by atoms with Crippen LogP contribution in [0, 0.1) is 5.82 Å². The normalized spacial score (nSPS) is 25.4. The predicted molar refractivity (Wildman–Crippen MR) is 63.3 cm³/mol. The molecule has 2 N–H and O–H groups in total. The van der Waals surface area contributed by atoms with Crippen molar-refractivity contribution in [2.24, 2.45) is 0 Å². The molecule has 1 aliphatic heterocycles. The quantitative estimate of drug-likeness (QED) is 0.838. The molecule has 88 valence electrons. The molecule has 0 spiro atoms. The number of hydrogen-bond donors (Lipinski definition) is 2. The molecule has 1 aromatic rings. The fourth-order valence-electron chi connectivity index (χ4n) is 1.94. The lowest BCUT2D eigenvalue weighted by atomic mass is 10.00. The number of rotatable bonds is 2. The molecule has 5 heteroatoms. The van der Waals surface area contributed by atoms with Gasteiger partial charge in [-0.15, -0.1) is 0 Å². The van der Waals surface area contributed by atoms with Crippen molar-refractivity contribution in [1.29, 1.82) is 0 Å². The molecular formula is C11H15ClFN3. The highest BCUT2D eigenvalue weighted by Crippen LogP contribution is 2.19. The second kappa shape index (κ2) is 4.97. The first-order valence-corrected chi connectivity index (χ1v) is 5.85. The van der Waals surface area contributed by atoms with Crippen LogP contribution in [0.2, 0.25) is 5.02 Å². The lowest BCUT2D eigenvalue weighted by Crippen LogP contribution is -2.46. The molecule has 1 fully saturated rings. The maximum Gasteiger partial charge on any atom is 0.166 e. The Hall–Kier alpha value is -0.870. The van der Waals surface area contributed by atoms with E-state index < -0.39 is 5.82 Å². The number of halogens is 2. The van der Waals surface area contributed by atoms with Crippen LogP contribution < -0.4 is 10.6 Å². The van der Waals surface area contributed by atoms with Gasteiger partial charge >= 0.3 is 0 Å². The minimum atomic E-state index is -0.398. The van der Waals surface area contributed by atoms with E-state index in [0.29, 0.717) is 11.1 Å². The van der Waals surface area contributed by atoms with Gasteiger partial charge < -0.3 is 10.6 Å². The predicted octanol–water partition coefficient (Wildman–Crippen LogP) is 2.43.